The number of amides is 12. The maximum atomic E-state index is 14.7. The van der Waals surface area contributed by atoms with Crippen LogP contribution < -0.4 is 64.2 Å². The van der Waals surface area contributed by atoms with Crippen LogP contribution in [0, 0.1) is 38.5 Å². The molecule has 14 N–H and O–H groups in total. The van der Waals surface area contributed by atoms with Gasteiger partial charge in [0, 0.05) is 67.6 Å². The molecule has 1 fully saturated rings. The molecule has 12 amide bonds. The minimum absolute atomic E-state index is 0.0282. The average molecular weight is 1420 g/mol. The van der Waals surface area contributed by atoms with E-state index in [1.54, 1.807) is 93.6 Å². The highest BCUT2D eigenvalue weighted by molar-refractivity contribution is 8.76. The third kappa shape index (κ3) is 28.0. The van der Waals surface area contributed by atoms with E-state index in [0.29, 0.717) is 16.7 Å². The van der Waals surface area contributed by atoms with Gasteiger partial charge in [0.25, 0.3) is 0 Å². The van der Waals surface area contributed by atoms with Gasteiger partial charge in [0.2, 0.25) is 70.9 Å². The molecule has 1 heterocycles. The van der Waals surface area contributed by atoms with E-state index >= 15 is 0 Å². The van der Waals surface area contributed by atoms with Gasteiger partial charge in [0.15, 0.2) is 5.78 Å². The molecule has 3 aromatic carbocycles. The van der Waals surface area contributed by atoms with Gasteiger partial charge in [0.1, 0.15) is 65.9 Å². The first-order valence-electron chi connectivity index (χ1n) is 32.0. The Morgan fingerprint density at radius 3 is 1.36 bits per heavy atom. The van der Waals surface area contributed by atoms with Crippen LogP contribution in [-0.4, -0.2) is 185 Å². The predicted molar refractivity (Wildman–Crippen MR) is 371 cm³/mol. The van der Waals surface area contributed by atoms with Gasteiger partial charge in [0.05, 0.1) is 19.7 Å². The Morgan fingerprint density at radius 2 is 0.939 bits per heavy atom. The van der Waals surface area contributed by atoms with Gasteiger partial charge in [-0.05, 0) is 63.6 Å². The monoisotopic (exact) mass is 1420 g/mol. The zero-order chi connectivity index (χ0) is 72.9. The number of carbonyl (C=O) groups excluding carboxylic acids is 15. The van der Waals surface area contributed by atoms with E-state index in [9.17, 15) is 77.0 Å². The molecule has 1 aliphatic rings. The number of thiol groups is 1. The number of aliphatic hydroxyl groups excluding tert-OH is 1. The molecule has 0 unspecified atom stereocenters. The molecule has 0 spiro atoms. The van der Waals surface area contributed by atoms with Gasteiger partial charge in [-0.3, -0.25) is 71.9 Å². The molecule has 0 aromatic heterocycles. The summed E-state index contributed by atoms with van der Waals surface area (Å²) in [7, 11) is 2.00. The fourth-order valence-electron chi connectivity index (χ4n) is 9.80. The number of primary amides is 1. The maximum Gasteiger partial charge on any atom is 0.245 e. The molecule has 4 rings (SSSR count). The number of hydrogen-bond donors (Lipinski definition) is 14. The number of hydrogen-bond acceptors (Lipinski definition) is 19. The number of aryl methyl sites for hydroxylation is 3. The van der Waals surface area contributed by atoms with Crippen LogP contribution in [0.5, 0.6) is 0 Å². The van der Waals surface area contributed by atoms with Crippen molar-refractivity contribution in [2.45, 2.75) is 162 Å². The number of rotatable bonds is 19. The topological polar surface area (TPSA) is 435 Å². The highest BCUT2D eigenvalue weighted by atomic mass is 33.1. The van der Waals surface area contributed by atoms with Gasteiger partial charge >= 0.3 is 0 Å². The molecule has 11 atom stereocenters. The highest BCUT2D eigenvalue weighted by Crippen LogP contribution is 2.26. The minimum atomic E-state index is -1.70. The second-order valence-corrected chi connectivity index (χ2v) is 27.6. The number of ketones is 3. The van der Waals surface area contributed by atoms with Crippen LogP contribution in [0.15, 0.2) is 72.8 Å². The number of nitrogens with two attached hydrogens (primary N) is 1. The molecule has 0 saturated carbocycles. The lowest BCUT2D eigenvalue weighted by Gasteiger charge is -2.27. The van der Waals surface area contributed by atoms with Crippen LogP contribution in [0.25, 0.3) is 0 Å². The van der Waals surface area contributed by atoms with E-state index in [-0.39, 0.29) is 42.9 Å². The van der Waals surface area contributed by atoms with Crippen LogP contribution in [0.1, 0.15) is 101 Å². The van der Waals surface area contributed by atoms with E-state index in [0.717, 1.165) is 45.2 Å². The number of aliphatic hydroxyl groups is 1. The van der Waals surface area contributed by atoms with Crippen LogP contribution in [0.4, 0.5) is 0 Å². The summed E-state index contributed by atoms with van der Waals surface area (Å²) in [6, 6.07) is 7.47. The summed E-state index contributed by atoms with van der Waals surface area (Å²) >= 11 is 4.02. The van der Waals surface area contributed by atoms with Crippen molar-refractivity contribution in [3.8, 4) is 0 Å². The summed E-state index contributed by atoms with van der Waals surface area (Å²) in [5.41, 5.74) is 9.66. The lowest BCUT2D eigenvalue weighted by Crippen LogP contribution is -2.60. The first-order valence-corrected chi connectivity index (χ1v) is 35.1. The number of Topliss-reactive ketones (excluding diaryl/α,β-unsaturated/α-hetero) is 3. The fourth-order valence-corrected chi connectivity index (χ4v) is 12.6. The van der Waals surface area contributed by atoms with Gasteiger partial charge in [-0.1, -0.05) is 139 Å². The predicted octanol–water partition coefficient (Wildman–Crippen LogP) is -0.727. The van der Waals surface area contributed by atoms with Gasteiger partial charge in [-0.25, -0.2) is 0 Å². The molecular formula is C67H92N12O16S3. The van der Waals surface area contributed by atoms with Crippen molar-refractivity contribution in [1.29, 1.82) is 0 Å². The molecule has 1 aliphatic heterocycles. The normalized spacial score (nSPS) is 23.4. The summed E-state index contributed by atoms with van der Waals surface area (Å²) in [5, 5.41) is 38.5. The first-order chi connectivity index (χ1) is 46.3. The van der Waals surface area contributed by atoms with Crippen LogP contribution >= 0.6 is 34.2 Å². The van der Waals surface area contributed by atoms with Crippen molar-refractivity contribution in [1.82, 2.24) is 58.5 Å². The zero-order valence-corrected chi connectivity index (χ0v) is 59.0. The van der Waals surface area contributed by atoms with Crippen LogP contribution in [0.2, 0.25) is 0 Å². The lowest BCUT2D eigenvalue weighted by molar-refractivity contribution is -0.136. The van der Waals surface area contributed by atoms with E-state index < -0.39 is 199 Å². The Labute approximate surface area is 583 Å². The Morgan fingerprint density at radius 1 is 0.551 bits per heavy atom. The fraction of sp³-hybridized carbons (Fsp3) is 0.507. The Hall–Kier alpha value is -8.68. The third-order valence-electron chi connectivity index (χ3n) is 15.7. The smallest absolute Gasteiger partial charge is 0.245 e. The number of benzene rings is 3. The third-order valence-corrected chi connectivity index (χ3v) is 18.7. The van der Waals surface area contributed by atoms with Crippen molar-refractivity contribution >= 4 is 122 Å². The van der Waals surface area contributed by atoms with Gasteiger partial charge in [-0.2, -0.15) is 12.6 Å². The Balaban J connectivity index is 1.80. The summed E-state index contributed by atoms with van der Waals surface area (Å²) < 4.78 is 0. The van der Waals surface area contributed by atoms with E-state index in [2.05, 4.69) is 71.1 Å². The lowest BCUT2D eigenvalue weighted by atomic mass is 9.89. The van der Waals surface area contributed by atoms with Crippen molar-refractivity contribution in [2.75, 3.05) is 37.0 Å². The SMILES string of the molecule is CC[C@@H]1NC(=O)[C@H](Cc2ccc(C)cc2)NC(=O)[C@H](Cc2ccc(C)cc2)NC(=O)[C@H](CO)NC(=O)[C@@H](C)CSSC[C@@H](C(=O)NCC(=O)N[C@@H](CS)C(N)=O)NC(=O)[C@H](CC(C)=O)NC(=O)[C@H](Cc2ccc(C)cc2)NC(=O)[C@H](C(C)C)CC(=O)CNC(=O)[C@H](CC(C)=O)NC1=O. The minimum Gasteiger partial charge on any atom is -0.394 e. The molecule has 98 heavy (non-hydrogen) atoms. The van der Waals surface area contributed by atoms with Crippen molar-refractivity contribution in [3.63, 3.8) is 0 Å². The first kappa shape index (κ1) is 81.7. The summed E-state index contributed by atoms with van der Waals surface area (Å²) in [6.07, 6.45) is -2.24. The van der Waals surface area contributed by atoms with Crippen LogP contribution in [0.3, 0.4) is 0 Å². The van der Waals surface area contributed by atoms with Gasteiger partial charge in [-0.15, -0.1) is 0 Å². The number of nitrogens with one attached hydrogen (secondary N) is 11. The van der Waals surface area contributed by atoms with Crippen molar-refractivity contribution < 1.29 is 77.0 Å². The standard InChI is InChI=1S/C67H92N12O16S3/c1-10-47-62(90)74-48(23-40(8)81)60(88)69-29-45(83)28-46(35(2)3)59(87)73-50(25-42-17-11-36(4)12-18-42)65(93)75-49(24-41(9)82)63(91)79-55(61(89)70-30-56(84)71-54(32-96)57(68)85)34-98-97-33-39(7)58(86)78-53(31-80)67(95)77-52(27-44-21-15-38(6)16-22-44)66(94)76-51(64(92)72-47)26-43-19-13-37(5)14-20-43/h11-22,35,39,46-55,80,96H,10,23-34H2,1-9H3,(H2,68,85)(H,69,88)(H,70,89)(H,71,84)(H,72,92)(H,73,87)(H,74,90)(H,75,93)(H,76,94)(H,77,95)(H,78,86)(H,79,91)/t39-,46-,47-,48-,49-,50-,51-,52-,53-,54-,55-/m0/s1. The largest absolute Gasteiger partial charge is 0.394 e. The molecule has 1 saturated heterocycles. The molecule has 0 aliphatic carbocycles. The Kier molecular flexibility index (Phi) is 34.1. The number of carbonyl (C=O) groups is 15. The molecule has 0 radical (unpaired) electrons. The second kappa shape index (κ2) is 40.9. The van der Waals surface area contributed by atoms with E-state index in [4.69, 9.17) is 5.73 Å². The second-order valence-electron chi connectivity index (χ2n) is 24.7. The highest BCUT2D eigenvalue weighted by Gasteiger charge is 2.37. The zero-order valence-electron chi connectivity index (χ0n) is 56.5. The average Bonchev–Trinajstić information content (AvgIpc) is 0.856. The summed E-state index contributed by atoms with van der Waals surface area (Å²) in [4.78, 5) is 207. The van der Waals surface area contributed by atoms with Gasteiger partial charge < -0.3 is 69.3 Å². The molecule has 31 heteroatoms. The van der Waals surface area contributed by atoms with Crippen molar-refractivity contribution in [2.24, 2.45) is 23.5 Å². The van der Waals surface area contributed by atoms with Crippen molar-refractivity contribution in [3.05, 3.63) is 106 Å². The van der Waals surface area contributed by atoms with E-state index in [1.165, 1.54) is 13.8 Å². The summed E-state index contributed by atoms with van der Waals surface area (Å²) in [5.74, 6) is -15.9. The molecule has 3 aromatic rings. The molecular weight excluding hydrogens is 1330 g/mol. The molecule has 0 bridgehead atoms. The summed E-state index contributed by atoms with van der Waals surface area (Å²) in [6.45, 7) is 11.8. The quantitative estimate of drug-likeness (QED) is 0.0520. The maximum absolute atomic E-state index is 14.7. The molecule has 534 valence electrons. The molecule has 28 nitrogen and oxygen atoms in total. The Bertz CT molecular complexity index is 3340. The van der Waals surface area contributed by atoms with Crippen LogP contribution in [-0.2, 0) is 91.2 Å². The van der Waals surface area contributed by atoms with E-state index in [1.807, 2.05) is 20.8 Å².